The summed E-state index contributed by atoms with van der Waals surface area (Å²) in [4.78, 5) is 15.3. The lowest BCUT2D eigenvalue weighted by Crippen LogP contribution is -2.27. The summed E-state index contributed by atoms with van der Waals surface area (Å²) in [6.45, 7) is 5.12. The Kier molecular flexibility index (Phi) is 4.20. The van der Waals surface area contributed by atoms with Crippen molar-refractivity contribution in [3.05, 3.63) is 59.6 Å². The summed E-state index contributed by atoms with van der Waals surface area (Å²) in [5.74, 6) is 0.917. The van der Waals surface area contributed by atoms with E-state index >= 15 is 0 Å². The van der Waals surface area contributed by atoms with Gasteiger partial charge in [-0.2, -0.15) is 0 Å². The SMILES string of the molecule is CCN(c1ncnc2cc(Cl)ccc12)C(C)c1cccnc1. The third-order valence-corrected chi connectivity index (χ3v) is 4.06. The normalized spacial score (nSPS) is 12.3. The number of halogens is 1. The van der Waals surface area contributed by atoms with E-state index in [2.05, 4.69) is 39.8 Å². The Labute approximate surface area is 134 Å². The van der Waals surface area contributed by atoms with Crippen LogP contribution in [0.3, 0.4) is 0 Å². The minimum absolute atomic E-state index is 0.174. The van der Waals surface area contributed by atoms with Crippen LogP contribution in [0, 0.1) is 0 Å². The maximum Gasteiger partial charge on any atom is 0.140 e. The lowest BCUT2D eigenvalue weighted by molar-refractivity contribution is 0.679. The number of nitrogens with zero attached hydrogens (tertiary/aromatic N) is 4. The molecule has 2 aromatic heterocycles. The molecule has 4 nitrogen and oxygen atoms in total. The van der Waals surface area contributed by atoms with Gasteiger partial charge in [0, 0.05) is 29.3 Å². The van der Waals surface area contributed by atoms with Crippen LogP contribution in [0.4, 0.5) is 5.82 Å². The van der Waals surface area contributed by atoms with Gasteiger partial charge in [0.25, 0.3) is 0 Å². The van der Waals surface area contributed by atoms with Crippen molar-refractivity contribution in [2.75, 3.05) is 11.4 Å². The van der Waals surface area contributed by atoms with Crippen LogP contribution in [0.5, 0.6) is 0 Å². The first kappa shape index (κ1) is 14.7. The standard InChI is InChI=1S/C17H17ClN4/c1-3-22(12(2)13-5-4-8-19-10-13)17-15-7-6-14(18)9-16(15)20-11-21-17/h4-12H,3H2,1-2H3. The highest BCUT2D eigenvalue weighted by Gasteiger charge is 2.18. The Balaban J connectivity index is 2.08. The Hall–Kier alpha value is -2.20. The zero-order valence-corrected chi connectivity index (χ0v) is 13.3. The fourth-order valence-electron chi connectivity index (χ4n) is 2.65. The van der Waals surface area contributed by atoms with Crippen molar-refractivity contribution in [3.63, 3.8) is 0 Å². The van der Waals surface area contributed by atoms with Gasteiger partial charge in [0.1, 0.15) is 12.1 Å². The van der Waals surface area contributed by atoms with Crippen LogP contribution < -0.4 is 4.90 Å². The van der Waals surface area contributed by atoms with E-state index in [0.29, 0.717) is 5.02 Å². The summed E-state index contributed by atoms with van der Waals surface area (Å²) < 4.78 is 0. The predicted octanol–water partition coefficient (Wildman–Crippen LogP) is 4.27. The Bertz CT molecular complexity index is 776. The topological polar surface area (TPSA) is 41.9 Å². The van der Waals surface area contributed by atoms with E-state index in [1.165, 1.54) is 0 Å². The van der Waals surface area contributed by atoms with Gasteiger partial charge < -0.3 is 4.90 Å². The minimum atomic E-state index is 0.174. The van der Waals surface area contributed by atoms with Gasteiger partial charge in [0.15, 0.2) is 0 Å². The van der Waals surface area contributed by atoms with Gasteiger partial charge in [-0.25, -0.2) is 9.97 Å². The largest absolute Gasteiger partial charge is 0.349 e. The van der Waals surface area contributed by atoms with E-state index in [1.807, 2.05) is 30.5 Å². The molecule has 0 amide bonds. The van der Waals surface area contributed by atoms with Crippen LogP contribution in [0.15, 0.2) is 49.1 Å². The smallest absolute Gasteiger partial charge is 0.140 e. The first-order valence-electron chi connectivity index (χ1n) is 7.27. The monoisotopic (exact) mass is 312 g/mol. The molecular weight excluding hydrogens is 296 g/mol. The fourth-order valence-corrected chi connectivity index (χ4v) is 2.82. The molecule has 0 spiro atoms. The molecule has 0 N–H and O–H groups in total. The number of anilines is 1. The second kappa shape index (κ2) is 6.28. The molecule has 5 heteroatoms. The van der Waals surface area contributed by atoms with Crippen LogP contribution in [-0.2, 0) is 0 Å². The van der Waals surface area contributed by atoms with Gasteiger partial charge in [-0.1, -0.05) is 17.7 Å². The molecule has 1 unspecified atom stereocenters. The van der Waals surface area contributed by atoms with Crippen molar-refractivity contribution in [2.24, 2.45) is 0 Å². The summed E-state index contributed by atoms with van der Waals surface area (Å²) in [5.41, 5.74) is 2.01. The molecule has 0 fully saturated rings. The number of aromatic nitrogens is 3. The molecule has 22 heavy (non-hydrogen) atoms. The molecule has 0 radical (unpaired) electrons. The summed E-state index contributed by atoms with van der Waals surface area (Å²) >= 11 is 6.06. The number of pyridine rings is 1. The van der Waals surface area contributed by atoms with E-state index in [9.17, 15) is 0 Å². The molecule has 0 aliphatic heterocycles. The van der Waals surface area contributed by atoms with Gasteiger partial charge >= 0.3 is 0 Å². The highest BCUT2D eigenvalue weighted by Crippen LogP contribution is 2.30. The minimum Gasteiger partial charge on any atom is -0.349 e. The summed E-state index contributed by atoms with van der Waals surface area (Å²) in [6.07, 6.45) is 5.27. The number of fused-ring (bicyclic) bond motifs is 1. The van der Waals surface area contributed by atoms with Crippen LogP contribution >= 0.6 is 11.6 Å². The molecule has 112 valence electrons. The second-order valence-corrected chi connectivity index (χ2v) is 5.54. The Morgan fingerprint density at radius 1 is 1.23 bits per heavy atom. The van der Waals surface area contributed by atoms with E-state index in [4.69, 9.17) is 11.6 Å². The highest BCUT2D eigenvalue weighted by atomic mass is 35.5. The van der Waals surface area contributed by atoms with Crippen molar-refractivity contribution >= 4 is 28.3 Å². The van der Waals surface area contributed by atoms with Gasteiger partial charge in [0.05, 0.1) is 11.6 Å². The molecule has 0 aliphatic rings. The molecule has 1 aromatic carbocycles. The molecule has 0 aliphatic carbocycles. The van der Waals surface area contributed by atoms with Crippen LogP contribution in [0.1, 0.15) is 25.5 Å². The Morgan fingerprint density at radius 2 is 2.09 bits per heavy atom. The fraction of sp³-hybridized carbons (Fsp3) is 0.235. The predicted molar refractivity (Wildman–Crippen MR) is 90.2 cm³/mol. The van der Waals surface area contributed by atoms with Crippen molar-refractivity contribution in [1.29, 1.82) is 0 Å². The number of benzene rings is 1. The van der Waals surface area contributed by atoms with Gasteiger partial charge in [0.2, 0.25) is 0 Å². The summed E-state index contributed by atoms with van der Waals surface area (Å²) in [7, 11) is 0. The third-order valence-electron chi connectivity index (χ3n) is 3.82. The van der Waals surface area contributed by atoms with Gasteiger partial charge in [-0.15, -0.1) is 0 Å². The summed E-state index contributed by atoms with van der Waals surface area (Å²) in [5, 5.41) is 1.69. The average molecular weight is 313 g/mol. The molecule has 1 atom stereocenters. The average Bonchev–Trinajstić information content (AvgIpc) is 2.56. The number of hydrogen-bond donors (Lipinski definition) is 0. The molecule has 0 saturated heterocycles. The van der Waals surface area contributed by atoms with Gasteiger partial charge in [-0.3, -0.25) is 4.98 Å². The number of rotatable bonds is 4. The Morgan fingerprint density at radius 3 is 2.82 bits per heavy atom. The van der Waals surface area contributed by atoms with Crippen LogP contribution in [0.25, 0.3) is 10.9 Å². The zero-order chi connectivity index (χ0) is 15.5. The molecule has 0 saturated carbocycles. The van der Waals surface area contributed by atoms with Crippen molar-refractivity contribution in [2.45, 2.75) is 19.9 Å². The summed E-state index contributed by atoms with van der Waals surface area (Å²) in [6, 6.07) is 9.93. The second-order valence-electron chi connectivity index (χ2n) is 5.11. The molecule has 2 heterocycles. The molecule has 3 aromatic rings. The van der Waals surface area contributed by atoms with Crippen molar-refractivity contribution in [3.8, 4) is 0 Å². The van der Waals surface area contributed by atoms with E-state index in [0.717, 1.165) is 28.8 Å². The lowest BCUT2D eigenvalue weighted by Gasteiger charge is -2.30. The first-order chi connectivity index (χ1) is 10.7. The maximum absolute atomic E-state index is 6.06. The molecule has 0 bridgehead atoms. The highest BCUT2D eigenvalue weighted by molar-refractivity contribution is 6.31. The number of hydrogen-bond acceptors (Lipinski definition) is 4. The molecular formula is C17H17ClN4. The van der Waals surface area contributed by atoms with Crippen molar-refractivity contribution < 1.29 is 0 Å². The van der Waals surface area contributed by atoms with E-state index in [-0.39, 0.29) is 6.04 Å². The van der Waals surface area contributed by atoms with Crippen molar-refractivity contribution in [1.82, 2.24) is 15.0 Å². The van der Waals surface area contributed by atoms with E-state index in [1.54, 1.807) is 12.5 Å². The quantitative estimate of drug-likeness (QED) is 0.721. The van der Waals surface area contributed by atoms with E-state index < -0.39 is 0 Å². The molecule has 3 rings (SSSR count). The zero-order valence-electron chi connectivity index (χ0n) is 12.6. The maximum atomic E-state index is 6.06. The first-order valence-corrected chi connectivity index (χ1v) is 7.65. The van der Waals surface area contributed by atoms with Crippen LogP contribution in [0.2, 0.25) is 5.02 Å². The third kappa shape index (κ3) is 2.74. The lowest BCUT2D eigenvalue weighted by atomic mass is 10.1. The van der Waals surface area contributed by atoms with Crippen LogP contribution in [-0.4, -0.2) is 21.5 Å². The van der Waals surface area contributed by atoms with Gasteiger partial charge in [-0.05, 0) is 43.7 Å².